The molecule has 1 N–H and O–H groups in total. The molecule has 0 saturated heterocycles. The standard InChI is InChI=1S/C15H21BrClN/c1-3-18-13-6-7-15(2,10-13)9-11-4-5-12(16)8-14(11)17/h4-5,8,13,18H,3,6-7,9-10H2,1-2H3. The molecule has 1 saturated carbocycles. The Morgan fingerprint density at radius 1 is 1.50 bits per heavy atom. The average molecular weight is 331 g/mol. The molecule has 18 heavy (non-hydrogen) atoms. The number of hydrogen-bond acceptors (Lipinski definition) is 1. The molecule has 0 spiro atoms. The van der Waals surface area contributed by atoms with Crippen LogP contribution in [-0.4, -0.2) is 12.6 Å². The Balaban J connectivity index is 2.05. The summed E-state index contributed by atoms with van der Waals surface area (Å²) in [6.07, 6.45) is 4.92. The van der Waals surface area contributed by atoms with Gasteiger partial charge in [0.15, 0.2) is 0 Å². The Morgan fingerprint density at radius 3 is 2.94 bits per heavy atom. The third kappa shape index (κ3) is 3.49. The molecule has 3 heteroatoms. The van der Waals surface area contributed by atoms with Gasteiger partial charge in [0.1, 0.15) is 0 Å². The minimum absolute atomic E-state index is 0.393. The van der Waals surface area contributed by atoms with Gasteiger partial charge in [0.2, 0.25) is 0 Å². The third-order valence-electron chi connectivity index (χ3n) is 3.96. The molecule has 1 aromatic carbocycles. The summed E-state index contributed by atoms with van der Waals surface area (Å²) in [5.41, 5.74) is 1.67. The highest BCUT2D eigenvalue weighted by atomic mass is 79.9. The molecule has 0 aromatic heterocycles. The van der Waals surface area contributed by atoms with Crippen LogP contribution in [0.5, 0.6) is 0 Å². The molecule has 2 unspecified atom stereocenters. The lowest BCUT2D eigenvalue weighted by Crippen LogP contribution is -2.28. The first-order valence-electron chi connectivity index (χ1n) is 6.70. The van der Waals surface area contributed by atoms with Crippen LogP contribution in [0, 0.1) is 5.41 Å². The molecule has 100 valence electrons. The van der Waals surface area contributed by atoms with Crippen molar-refractivity contribution >= 4 is 27.5 Å². The zero-order valence-electron chi connectivity index (χ0n) is 11.1. The lowest BCUT2D eigenvalue weighted by atomic mass is 9.82. The zero-order chi connectivity index (χ0) is 13.2. The maximum atomic E-state index is 6.32. The second-order valence-corrected chi connectivity index (χ2v) is 7.04. The molecule has 2 rings (SSSR count). The number of hydrogen-bond donors (Lipinski definition) is 1. The van der Waals surface area contributed by atoms with E-state index in [-0.39, 0.29) is 0 Å². The molecule has 1 aliphatic rings. The van der Waals surface area contributed by atoms with Crippen molar-refractivity contribution in [3.63, 3.8) is 0 Å². The van der Waals surface area contributed by atoms with Gasteiger partial charge < -0.3 is 5.32 Å². The van der Waals surface area contributed by atoms with Crippen molar-refractivity contribution in [2.75, 3.05) is 6.54 Å². The first-order valence-corrected chi connectivity index (χ1v) is 7.87. The molecule has 1 aromatic rings. The second-order valence-electron chi connectivity index (χ2n) is 5.72. The monoisotopic (exact) mass is 329 g/mol. The molecule has 1 aliphatic carbocycles. The molecule has 1 nitrogen and oxygen atoms in total. The summed E-state index contributed by atoms with van der Waals surface area (Å²) in [5, 5.41) is 4.46. The Morgan fingerprint density at radius 2 is 2.28 bits per heavy atom. The van der Waals surface area contributed by atoms with Gasteiger partial charge in [-0.05, 0) is 55.3 Å². The Bertz CT molecular complexity index is 421. The summed E-state index contributed by atoms with van der Waals surface area (Å²) in [6.45, 7) is 5.64. The number of rotatable bonds is 4. The van der Waals surface area contributed by atoms with E-state index < -0.39 is 0 Å². The normalized spacial score (nSPS) is 27.7. The molecule has 2 atom stereocenters. The maximum Gasteiger partial charge on any atom is 0.0449 e. The Kier molecular flexibility index (Phi) is 4.74. The van der Waals surface area contributed by atoms with Crippen LogP contribution in [0.4, 0.5) is 0 Å². The van der Waals surface area contributed by atoms with Gasteiger partial charge in [0.25, 0.3) is 0 Å². The highest BCUT2D eigenvalue weighted by Gasteiger charge is 2.35. The second kappa shape index (κ2) is 5.94. The van der Waals surface area contributed by atoms with Crippen LogP contribution < -0.4 is 5.32 Å². The summed E-state index contributed by atoms with van der Waals surface area (Å²) in [5.74, 6) is 0. The van der Waals surface area contributed by atoms with Gasteiger partial charge in [0, 0.05) is 15.5 Å². The Hall–Kier alpha value is -0.0500. The van der Waals surface area contributed by atoms with Crippen LogP contribution in [-0.2, 0) is 6.42 Å². The van der Waals surface area contributed by atoms with E-state index in [1.54, 1.807) is 0 Å². The zero-order valence-corrected chi connectivity index (χ0v) is 13.4. The molecular formula is C15H21BrClN. The van der Waals surface area contributed by atoms with Crippen molar-refractivity contribution in [1.29, 1.82) is 0 Å². The van der Waals surface area contributed by atoms with Crippen LogP contribution in [0.2, 0.25) is 5.02 Å². The fourth-order valence-corrected chi connectivity index (χ4v) is 3.81. The fraction of sp³-hybridized carbons (Fsp3) is 0.600. The SMILES string of the molecule is CCNC1CCC(C)(Cc2ccc(Br)cc2Cl)C1. The summed E-state index contributed by atoms with van der Waals surface area (Å²) in [6, 6.07) is 6.92. The predicted octanol–water partition coefficient (Wildman–Crippen LogP) is 4.81. The smallest absolute Gasteiger partial charge is 0.0449 e. The van der Waals surface area contributed by atoms with Crippen LogP contribution in [0.3, 0.4) is 0 Å². The van der Waals surface area contributed by atoms with Crippen molar-refractivity contribution < 1.29 is 0 Å². The molecule has 0 heterocycles. The van der Waals surface area contributed by atoms with Gasteiger partial charge >= 0.3 is 0 Å². The lowest BCUT2D eigenvalue weighted by molar-refractivity contribution is 0.322. The summed E-state index contributed by atoms with van der Waals surface area (Å²) in [4.78, 5) is 0. The van der Waals surface area contributed by atoms with Crippen LogP contribution >= 0.6 is 27.5 Å². The topological polar surface area (TPSA) is 12.0 Å². The minimum Gasteiger partial charge on any atom is -0.314 e. The summed E-state index contributed by atoms with van der Waals surface area (Å²) >= 11 is 9.78. The number of benzene rings is 1. The van der Waals surface area contributed by atoms with E-state index in [0.717, 1.165) is 22.5 Å². The molecule has 0 bridgehead atoms. The first-order chi connectivity index (χ1) is 8.52. The predicted molar refractivity (Wildman–Crippen MR) is 82.3 cm³/mol. The van der Waals surface area contributed by atoms with E-state index in [1.807, 2.05) is 6.07 Å². The van der Waals surface area contributed by atoms with Gasteiger partial charge in [0.05, 0.1) is 0 Å². The quantitative estimate of drug-likeness (QED) is 0.835. The van der Waals surface area contributed by atoms with E-state index in [0.29, 0.717) is 11.5 Å². The van der Waals surface area contributed by atoms with Crippen molar-refractivity contribution in [3.05, 3.63) is 33.3 Å². The molecule has 0 aliphatic heterocycles. The van der Waals surface area contributed by atoms with E-state index in [2.05, 4.69) is 47.2 Å². The number of nitrogens with one attached hydrogen (secondary N) is 1. The number of halogens is 2. The van der Waals surface area contributed by atoms with Gasteiger partial charge in [-0.2, -0.15) is 0 Å². The van der Waals surface area contributed by atoms with Crippen LogP contribution in [0.1, 0.15) is 38.7 Å². The van der Waals surface area contributed by atoms with Crippen molar-refractivity contribution in [2.24, 2.45) is 5.41 Å². The molecular weight excluding hydrogens is 310 g/mol. The van der Waals surface area contributed by atoms with Crippen molar-refractivity contribution in [1.82, 2.24) is 5.32 Å². The fourth-order valence-electron chi connectivity index (χ4n) is 3.07. The van der Waals surface area contributed by atoms with E-state index in [4.69, 9.17) is 11.6 Å². The average Bonchev–Trinajstić information content (AvgIpc) is 2.65. The molecule has 0 radical (unpaired) electrons. The minimum atomic E-state index is 0.393. The van der Waals surface area contributed by atoms with E-state index in [1.165, 1.54) is 24.8 Å². The van der Waals surface area contributed by atoms with Crippen molar-refractivity contribution in [3.8, 4) is 0 Å². The maximum absolute atomic E-state index is 6.32. The van der Waals surface area contributed by atoms with Crippen LogP contribution in [0.25, 0.3) is 0 Å². The summed E-state index contributed by atoms with van der Waals surface area (Å²) in [7, 11) is 0. The van der Waals surface area contributed by atoms with Gasteiger partial charge in [-0.15, -0.1) is 0 Å². The van der Waals surface area contributed by atoms with Crippen molar-refractivity contribution in [2.45, 2.75) is 45.6 Å². The molecule has 1 fully saturated rings. The van der Waals surface area contributed by atoms with Gasteiger partial charge in [-0.3, -0.25) is 0 Å². The largest absolute Gasteiger partial charge is 0.314 e. The lowest BCUT2D eigenvalue weighted by Gasteiger charge is -2.25. The van der Waals surface area contributed by atoms with E-state index in [9.17, 15) is 0 Å². The van der Waals surface area contributed by atoms with Crippen LogP contribution in [0.15, 0.2) is 22.7 Å². The molecule has 0 amide bonds. The van der Waals surface area contributed by atoms with Gasteiger partial charge in [-0.25, -0.2) is 0 Å². The van der Waals surface area contributed by atoms with E-state index >= 15 is 0 Å². The summed E-state index contributed by atoms with van der Waals surface area (Å²) < 4.78 is 1.05. The first kappa shape index (κ1) is 14.4. The third-order valence-corrected chi connectivity index (χ3v) is 4.81. The Labute approximate surface area is 123 Å². The highest BCUT2D eigenvalue weighted by molar-refractivity contribution is 9.10. The van der Waals surface area contributed by atoms with Gasteiger partial charge in [-0.1, -0.05) is 47.4 Å². The highest BCUT2D eigenvalue weighted by Crippen LogP contribution is 2.41.